The quantitative estimate of drug-likeness (QED) is 0.579. The van der Waals surface area contributed by atoms with Crippen LogP contribution in [0.25, 0.3) is 0 Å². The minimum atomic E-state index is -0.639. The van der Waals surface area contributed by atoms with E-state index in [9.17, 15) is 14.4 Å². The van der Waals surface area contributed by atoms with Crippen molar-refractivity contribution in [2.75, 3.05) is 13.1 Å². The molecule has 1 amide bonds. The zero-order valence-corrected chi connectivity index (χ0v) is 18.1. The maximum atomic E-state index is 13.3. The minimum Gasteiger partial charge on any atom is -0.343 e. The summed E-state index contributed by atoms with van der Waals surface area (Å²) in [6.07, 6.45) is 3.91. The standard InChI is InChI=1S/C25H31NO3/c1-5-8-18-13-19(6-2)23(20(7-3)14-18)24-21(28)15-25(16-22(24)29)9-11-26(12-10-25)17(4)27/h13-14,24H,6-7,9-12,15-16H2,1-4H3. The molecular weight excluding hydrogens is 362 g/mol. The van der Waals surface area contributed by atoms with Crippen molar-refractivity contribution in [3.63, 3.8) is 0 Å². The second kappa shape index (κ2) is 8.53. The molecule has 4 nitrogen and oxygen atoms in total. The highest BCUT2D eigenvalue weighted by Crippen LogP contribution is 2.46. The number of amides is 1. The fourth-order valence-electron chi connectivity index (χ4n) is 5.11. The van der Waals surface area contributed by atoms with Crippen molar-refractivity contribution < 1.29 is 14.4 Å². The van der Waals surface area contributed by atoms with Crippen LogP contribution in [0.2, 0.25) is 0 Å². The van der Waals surface area contributed by atoms with Gasteiger partial charge in [0.25, 0.3) is 0 Å². The molecule has 1 heterocycles. The molecule has 0 unspecified atom stereocenters. The Morgan fingerprint density at radius 2 is 1.59 bits per heavy atom. The van der Waals surface area contributed by atoms with Crippen LogP contribution in [0.3, 0.4) is 0 Å². The molecule has 1 aromatic carbocycles. The number of carbonyl (C=O) groups excluding carboxylic acids is 3. The Hall–Kier alpha value is -2.41. The molecule has 0 aromatic heterocycles. The molecule has 1 aromatic rings. The van der Waals surface area contributed by atoms with E-state index < -0.39 is 5.92 Å². The number of ketones is 2. The molecule has 1 saturated heterocycles. The first-order chi connectivity index (χ1) is 13.8. The number of piperidine rings is 1. The zero-order chi connectivity index (χ0) is 21.2. The van der Waals surface area contributed by atoms with E-state index in [0.717, 1.165) is 47.9 Å². The molecule has 154 valence electrons. The first kappa shape index (κ1) is 21.3. The third-order valence-electron chi connectivity index (χ3n) is 6.68. The van der Waals surface area contributed by atoms with Crippen molar-refractivity contribution >= 4 is 17.5 Å². The number of rotatable bonds is 3. The van der Waals surface area contributed by atoms with Gasteiger partial charge in [-0.05, 0) is 66.8 Å². The van der Waals surface area contributed by atoms with E-state index >= 15 is 0 Å². The van der Waals surface area contributed by atoms with Gasteiger partial charge in [-0.3, -0.25) is 14.4 Å². The summed E-state index contributed by atoms with van der Waals surface area (Å²) in [5.41, 5.74) is 3.76. The number of carbonyl (C=O) groups is 3. The van der Waals surface area contributed by atoms with Crippen LogP contribution >= 0.6 is 0 Å². The van der Waals surface area contributed by atoms with Crippen molar-refractivity contribution in [2.24, 2.45) is 5.41 Å². The van der Waals surface area contributed by atoms with Crippen LogP contribution in [0.1, 0.15) is 81.5 Å². The summed E-state index contributed by atoms with van der Waals surface area (Å²) in [7, 11) is 0. The number of nitrogens with zero attached hydrogens (tertiary/aromatic N) is 1. The summed E-state index contributed by atoms with van der Waals surface area (Å²) in [5.74, 6) is 5.60. The van der Waals surface area contributed by atoms with Gasteiger partial charge in [-0.1, -0.05) is 19.8 Å². The highest BCUT2D eigenvalue weighted by molar-refractivity contribution is 6.10. The molecule has 0 atom stereocenters. The van der Waals surface area contributed by atoms with E-state index in [1.165, 1.54) is 0 Å². The number of aryl methyl sites for hydroxylation is 2. The van der Waals surface area contributed by atoms with Gasteiger partial charge >= 0.3 is 0 Å². The van der Waals surface area contributed by atoms with Crippen LogP contribution in [0.5, 0.6) is 0 Å². The smallest absolute Gasteiger partial charge is 0.219 e. The molecule has 29 heavy (non-hydrogen) atoms. The Morgan fingerprint density at radius 3 is 2.00 bits per heavy atom. The van der Waals surface area contributed by atoms with Gasteiger partial charge in [0.05, 0.1) is 0 Å². The van der Waals surface area contributed by atoms with E-state index in [0.29, 0.717) is 25.9 Å². The van der Waals surface area contributed by atoms with Crippen LogP contribution in [0.4, 0.5) is 0 Å². The fourth-order valence-corrected chi connectivity index (χ4v) is 5.11. The maximum Gasteiger partial charge on any atom is 0.219 e. The van der Waals surface area contributed by atoms with Crippen molar-refractivity contribution in [1.82, 2.24) is 4.90 Å². The average Bonchev–Trinajstić information content (AvgIpc) is 2.68. The monoisotopic (exact) mass is 393 g/mol. The molecule has 0 bridgehead atoms. The Kier molecular flexibility index (Phi) is 6.27. The molecule has 2 fully saturated rings. The van der Waals surface area contributed by atoms with E-state index in [2.05, 4.69) is 25.7 Å². The number of hydrogen-bond acceptors (Lipinski definition) is 3. The summed E-state index contributed by atoms with van der Waals surface area (Å²) in [4.78, 5) is 40.1. The van der Waals surface area contributed by atoms with Crippen LogP contribution in [0, 0.1) is 17.3 Å². The van der Waals surface area contributed by atoms with Crippen molar-refractivity contribution in [3.8, 4) is 11.8 Å². The predicted molar refractivity (Wildman–Crippen MR) is 114 cm³/mol. The van der Waals surface area contributed by atoms with E-state index in [1.807, 2.05) is 24.0 Å². The predicted octanol–water partition coefficient (Wildman–Crippen LogP) is 3.83. The number of benzene rings is 1. The maximum absolute atomic E-state index is 13.3. The lowest BCUT2D eigenvalue weighted by atomic mass is 9.62. The van der Waals surface area contributed by atoms with E-state index in [4.69, 9.17) is 0 Å². The van der Waals surface area contributed by atoms with Crippen molar-refractivity contribution in [1.29, 1.82) is 0 Å². The number of Topliss-reactive ketones (excluding diaryl/α,β-unsaturated/α-hetero) is 2. The Morgan fingerprint density at radius 1 is 1.07 bits per heavy atom. The molecule has 4 heteroatoms. The Balaban J connectivity index is 1.92. The molecule has 1 aliphatic carbocycles. The van der Waals surface area contributed by atoms with Gasteiger partial charge in [0.2, 0.25) is 5.91 Å². The minimum absolute atomic E-state index is 0.0521. The average molecular weight is 394 g/mol. The second-order valence-corrected chi connectivity index (χ2v) is 8.52. The lowest BCUT2D eigenvalue weighted by Gasteiger charge is -2.44. The van der Waals surface area contributed by atoms with Gasteiger partial charge in [0, 0.05) is 38.4 Å². The van der Waals surface area contributed by atoms with Crippen LogP contribution in [-0.2, 0) is 27.2 Å². The lowest BCUT2D eigenvalue weighted by Crippen LogP contribution is -2.48. The van der Waals surface area contributed by atoms with Gasteiger partial charge in [0.1, 0.15) is 17.5 Å². The molecule has 3 rings (SSSR count). The lowest BCUT2D eigenvalue weighted by molar-refractivity contribution is -0.139. The third kappa shape index (κ3) is 4.15. The number of likely N-dealkylation sites (tertiary alicyclic amines) is 1. The summed E-state index contributed by atoms with van der Waals surface area (Å²) < 4.78 is 0. The summed E-state index contributed by atoms with van der Waals surface area (Å²) >= 11 is 0. The Labute approximate surface area is 174 Å². The second-order valence-electron chi connectivity index (χ2n) is 8.52. The van der Waals surface area contributed by atoms with Crippen LogP contribution in [0.15, 0.2) is 12.1 Å². The van der Waals surface area contributed by atoms with Gasteiger partial charge in [-0.15, -0.1) is 5.92 Å². The van der Waals surface area contributed by atoms with Gasteiger partial charge in [-0.25, -0.2) is 0 Å². The fraction of sp³-hybridized carbons (Fsp3) is 0.560. The summed E-state index contributed by atoms with van der Waals surface area (Å²) in [6.45, 7) is 8.82. The van der Waals surface area contributed by atoms with Crippen molar-refractivity contribution in [2.45, 2.75) is 72.1 Å². The van der Waals surface area contributed by atoms with E-state index in [1.54, 1.807) is 6.92 Å². The largest absolute Gasteiger partial charge is 0.343 e. The zero-order valence-electron chi connectivity index (χ0n) is 18.1. The first-order valence-electron chi connectivity index (χ1n) is 10.7. The Bertz CT molecular complexity index is 849. The molecule has 2 aliphatic rings. The molecule has 0 N–H and O–H groups in total. The van der Waals surface area contributed by atoms with Gasteiger partial charge in [-0.2, -0.15) is 0 Å². The SMILES string of the molecule is CC#Cc1cc(CC)c(C2C(=O)CC3(CCN(C(C)=O)CC3)CC2=O)c(CC)c1. The first-order valence-corrected chi connectivity index (χ1v) is 10.7. The number of hydrogen-bond donors (Lipinski definition) is 0. The molecule has 1 spiro atoms. The highest BCUT2D eigenvalue weighted by atomic mass is 16.2. The van der Waals surface area contributed by atoms with Crippen LogP contribution in [-0.4, -0.2) is 35.5 Å². The normalized spacial score (nSPS) is 19.2. The third-order valence-corrected chi connectivity index (χ3v) is 6.68. The molecular formula is C25H31NO3. The molecule has 0 radical (unpaired) electrons. The van der Waals surface area contributed by atoms with E-state index in [-0.39, 0.29) is 22.9 Å². The molecule has 1 saturated carbocycles. The van der Waals surface area contributed by atoms with Crippen LogP contribution < -0.4 is 0 Å². The van der Waals surface area contributed by atoms with Gasteiger partial charge < -0.3 is 4.90 Å². The van der Waals surface area contributed by atoms with Gasteiger partial charge in [0.15, 0.2) is 0 Å². The summed E-state index contributed by atoms with van der Waals surface area (Å²) in [5, 5.41) is 0. The summed E-state index contributed by atoms with van der Waals surface area (Å²) in [6, 6.07) is 4.09. The topological polar surface area (TPSA) is 54.5 Å². The van der Waals surface area contributed by atoms with Crippen molar-refractivity contribution in [3.05, 3.63) is 34.4 Å². The highest BCUT2D eigenvalue weighted by Gasteiger charge is 2.47. The molecule has 1 aliphatic heterocycles.